The molecule has 0 unspecified atom stereocenters. The molecule has 0 atom stereocenters. The molecule has 3 nitrogen and oxygen atoms in total. The van der Waals surface area contributed by atoms with Crippen molar-refractivity contribution in [3.05, 3.63) is 42.5 Å². The Bertz CT molecular complexity index is 614. The number of nitrogens with one attached hydrogen (secondary N) is 1. The molecule has 2 aromatic rings. The molecule has 20 heavy (non-hydrogen) atoms. The molecule has 0 aliphatic heterocycles. The summed E-state index contributed by atoms with van der Waals surface area (Å²) in [5, 5.41) is 5.61. The van der Waals surface area contributed by atoms with Crippen LogP contribution in [0.5, 0.6) is 0 Å². The number of carbonyl (C=O) groups excluding carboxylic acids is 1. The van der Waals surface area contributed by atoms with Crippen LogP contribution in [-0.2, 0) is 4.79 Å². The van der Waals surface area contributed by atoms with E-state index >= 15 is 0 Å². The number of benzene rings is 2. The highest BCUT2D eigenvalue weighted by Gasteiger charge is 2.23. The van der Waals surface area contributed by atoms with Crippen LogP contribution in [0.2, 0.25) is 0 Å². The predicted octanol–water partition coefficient (Wildman–Crippen LogP) is 2.94. The van der Waals surface area contributed by atoms with Crippen LogP contribution in [0.3, 0.4) is 0 Å². The van der Waals surface area contributed by atoms with Gasteiger partial charge < -0.3 is 10.2 Å². The van der Waals surface area contributed by atoms with E-state index in [-0.39, 0.29) is 5.91 Å². The van der Waals surface area contributed by atoms with Gasteiger partial charge in [0.1, 0.15) is 0 Å². The summed E-state index contributed by atoms with van der Waals surface area (Å²) in [5.41, 5.74) is 1.01. The average Bonchev–Trinajstić information content (AvgIpc) is 3.30. The van der Waals surface area contributed by atoms with Gasteiger partial charge in [-0.05, 0) is 31.2 Å². The molecule has 0 heterocycles. The number of rotatable bonds is 5. The minimum atomic E-state index is 0.149. The van der Waals surface area contributed by atoms with E-state index in [4.69, 9.17) is 0 Å². The lowest BCUT2D eigenvalue weighted by molar-refractivity contribution is -0.117. The van der Waals surface area contributed by atoms with Crippen LogP contribution in [-0.4, -0.2) is 25.0 Å². The number of likely N-dealkylation sites (N-methyl/N-ethyl adjacent to an activating group) is 1. The number of nitrogens with zero attached hydrogens (tertiary/aromatic N) is 1. The lowest BCUT2D eigenvalue weighted by atomic mass is 10.1. The Morgan fingerprint density at radius 3 is 2.70 bits per heavy atom. The third-order valence-electron chi connectivity index (χ3n) is 3.79. The average molecular weight is 268 g/mol. The summed E-state index contributed by atoms with van der Waals surface area (Å²) >= 11 is 0. The van der Waals surface area contributed by atoms with Crippen LogP contribution < -0.4 is 10.2 Å². The van der Waals surface area contributed by atoms with Crippen LogP contribution in [0.25, 0.3) is 10.8 Å². The Morgan fingerprint density at radius 1 is 1.20 bits per heavy atom. The molecule has 1 aliphatic rings. The summed E-state index contributed by atoms with van der Waals surface area (Å²) in [4.78, 5) is 14.3. The molecule has 0 saturated heterocycles. The van der Waals surface area contributed by atoms with Gasteiger partial charge in [-0.1, -0.05) is 36.4 Å². The molecular weight excluding hydrogens is 248 g/mol. The van der Waals surface area contributed by atoms with E-state index in [1.165, 1.54) is 18.2 Å². The predicted molar refractivity (Wildman–Crippen MR) is 83.0 cm³/mol. The number of hydrogen-bond donors (Lipinski definition) is 1. The van der Waals surface area contributed by atoms with Gasteiger partial charge in [-0.25, -0.2) is 0 Å². The molecular formula is C17H20N2O. The fraction of sp³-hybridized carbons (Fsp3) is 0.353. The van der Waals surface area contributed by atoms with E-state index in [1.807, 2.05) is 36.1 Å². The third-order valence-corrected chi connectivity index (χ3v) is 3.79. The first-order valence-corrected chi connectivity index (χ1v) is 7.31. The van der Waals surface area contributed by atoms with Crippen molar-refractivity contribution in [1.29, 1.82) is 0 Å². The summed E-state index contributed by atoms with van der Waals surface area (Å²) in [6.45, 7) is 3.15. The van der Waals surface area contributed by atoms with E-state index in [9.17, 15) is 4.79 Å². The van der Waals surface area contributed by atoms with E-state index in [0.29, 0.717) is 19.1 Å². The third kappa shape index (κ3) is 2.68. The maximum atomic E-state index is 12.4. The minimum Gasteiger partial charge on any atom is -0.311 e. The maximum Gasteiger partial charge on any atom is 0.240 e. The van der Waals surface area contributed by atoms with Gasteiger partial charge in [0.25, 0.3) is 0 Å². The number of anilines is 1. The minimum absolute atomic E-state index is 0.149. The van der Waals surface area contributed by atoms with Gasteiger partial charge >= 0.3 is 0 Å². The smallest absolute Gasteiger partial charge is 0.240 e. The maximum absolute atomic E-state index is 12.4. The molecule has 1 fully saturated rings. The first-order chi connectivity index (χ1) is 9.79. The summed E-state index contributed by atoms with van der Waals surface area (Å²) in [7, 11) is 0. The quantitative estimate of drug-likeness (QED) is 0.904. The van der Waals surface area contributed by atoms with Crippen molar-refractivity contribution in [3.8, 4) is 0 Å². The van der Waals surface area contributed by atoms with Crippen molar-refractivity contribution in [2.24, 2.45) is 0 Å². The second-order valence-corrected chi connectivity index (χ2v) is 5.29. The summed E-state index contributed by atoms with van der Waals surface area (Å²) < 4.78 is 0. The molecule has 2 aromatic carbocycles. The van der Waals surface area contributed by atoms with Gasteiger partial charge in [0.2, 0.25) is 5.91 Å². The normalized spacial score (nSPS) is 14.4. The highest BCUT2D eigenvalue weighted by atomic mass is 16.2. The standard InChI is InChI=1S/C17H20N2O/c1-2-19(17(20)12-18-14-10-11-14)16-9-5-7-13-6-3-4-8-15(13)16/h3-9,14,18H,2,10-12H2,1H3. The number of hydrogen-bond acceptors (Lipinski definition) is 2. The van der Waals surface area contributed by atoms with Crippen molar-refractivity contribution in [3.63, 3.8) is 0 Å². The fourth-order valence-corrected chi connectivity index (χ4v) is 2.54. The molecule has 0 radical (unpaired) electrons. The highest BCUT2D eigenvalue weighted by Crippen LogP contribution is 2.26. The summed E-state index contributed by atoms with van der Waals surface area (Å²) in [5.74, 6) is 0.149. The molecule has 3 rings (SSSR count). The van der Waals surface area contributed by atoms with E-state index in [1.54, 1.807) is 0 Å². The Kier molecular flexibility index (Phi) is 3.70. The van der Waals surface area contributed by atoms with Crippen molar-refractivity contribution in [2.45, 2.75) is 25.8 Å². The Labute approximate surface area is 119 Å². The van der Waals surface area contributed by atoms with Gasteiger partial charge in [0.15, 0.2) is 0 Å². The van der Waals surface area contributed by atoms with Crippen molar-refractivity contribution >= 4 is 22.4 Å². The van der Waals surface area contributed by atoms with Gasteiger partial charge in [0.05, 0.1) is 12.2 Å². The Hall–Kier alpha value is -1.87. The van der Waals surface area contributed by atoms with Crippen LogP contribution in [0.1, 0.15) is 19.8 Å². The van der Waals surface area contributed by atoms with E-state index in [2.05, 4.69) is 23.5 Å². The van der Waals surface area contributed by atoms with Crippen molar-refractivity contribution in [2.75, 3.05) is 18.0 Å². The van der Waals surface area contributed by atoms with Gasteiger partial charge in [-0.3, -0.25) is 4.79 Å². The zero-order valence-electron chi connectivity index (χ0n) is 11.8. The van der Waals surface area contributed by atoms with Gasteiger partial charge in [-0.2, -0.15) is 0 Å². The molecule has 3 heteroatoms. The lowest BCUT2D eigenvalue weighted by Gasteiger charge is -2.23. The molecule has 0 bridgehead atoms. The molecule has 1 amide bonds. The first-order valence-electron chi connectivity index (χ1n) is 7.31. The highest BCUT2D eigenvalue weighted by molar-refractivity contribution is 6.04. The summed E-state index contributed by atoms with van der Waals surface area (Å²) in [6, 6.07) is 14.9. The monoisotopic (exact) mass is 268 g/mol. The molecule has 0 aromatic heterocycles. The van der Waals surface area contributed by atoms with Gasteiger partial charge in [0, 0.05) is 18.0 Å². The second kappa shape index (κ2) is 5.63. The van der Waals surface area contributed by atoms with Crippen molar-refractivity contribution in [1.82, 2.24) is 5.32 Å². The largest absolute Gasteiger partial charge is 0.311 e. The second-order valence-electron chi connectivity index (χ2n) is 5.29. The van der Waals surface area contributed by atoms with Crippen molar-refractivity contribution < 1.29 is 4.79 Å². The first kappa shape index (κ1) is 13.1. The molecule has 104 valence electrons. The zero-order valence-corrected chi connectivity index (χ0v) is 11.8. The SMILES string of the molecule is CCN(C(=O)CNC1CC1)c1cccc2ccccc12. The van der Waals surface area contributed by atoms with Crippen LogP contribution in [0.15, 0.2) is 42.5 Å². The molecule has 0 spiro atoms. The van der Waals surface area contributed by atoms with Crippen LogP contribution in [0, 0.1) is 0 Å². The lowest BCUT2D eigenvalue weighted by Crippen LogP contribution is -2.39. The molecule has 1 saturated carbocycles. The molecule has 1 aliphatic carbocycles. The summed E-state index contributed by atoms with van der Waals surface area (Å²) in [6.07, 6.45) is 2.40. The van der Waals surface area contributed by atoms with Gasteiger partial charge in [-0.15, -0.1) is 0 Å². The zero-order chi connectivity index (χ0) is 13.9. The van der Waals surface area contributed by atoms with E-state index in [0.717, 1.165) is 11.1 Å². The Balaban J connectivity index is 1.87. The Morgan fingerprint density at radius 2 is 1.95 bits per heavy atom. The number of carbonyl (C=O) groups is 1. The topological polar surface area (TPSA) is 32.3 Å². The molecule has 1 N–H and O–H groups in total. The fourth-order valence-electron chi connectivity index (χ4n) is 2.54. The number of amides is 1. The van der Waals surface area contributed by atoms with E-state index < -0.39 is 0 Å². The van der Waals surface area contributed by atoms with Crippen LogP contribution in [0.4, 0.5) is 5.69 Å². The van der Waals surface area contributed by atoms with Crippen LogP contribution >= 0.6 is 0 Å². The number of fused-ring (bicyclic) bond motifs is 1.